The van der Waals surface area contributed by atoms with Gasteiger partial charge < -0.3 is 9.57 Å². The SMILES string of the molecule is O=C(CCn1[nH]c(=O)c2ccccc2c1=O)ON1CCOCC1. The lowest BCUT2D eigenvalue weighted by molar-refractivity contribution is -0.205. The number of hydrogen-bond acceptors (Lipinski definition) is 6. The Labute approximate surface area is 131 Å². The van der Waals surface area contributed by atoms with Gasteiger partial charge in [0.25, 0.3) is 11.1 Å². The summed E-state index contributed by atoms with van der Waals surface area (Å²) in [6.07, 6.45) is -0.00839. The van der Waals surface area contributed by atoms with Crippen LogP contribution in [0.15, 0.2) is 33.9 Å². The van der Waals surface area contributed by atoms with Gasteiger partial charge in [0, 0.05) is 0 Å². The molecular formula is C15H17N3O5. The molecule has 2 heterocycles. The standard InChI is InChI=1S/C15H17N3O5/c19-13(23-17-7-9-22-10-8-17)5-6-18-15(21)12-4-2-1-3-11(12)14(20)16-18/h1-4H,5-10H2,(H,16,20). The molecule has 122 valence electrons. The van der Waals surface area contributed by atoms with Gasteiger partial charge in [0.1, 0.15) is 0 Å². The lowest BCUT2D eigenvalue weighted by Crippen LogP contribution is -2.38. The molecule has 0 bridgehead atoms. The van der Waals surface area contributed by atoms with E-state index in [-0.39, 0.29) is 24.1 Å². The van der Waals surface area contributed by atoms with Crippen LogP contribution in [0, 0.1) is 0 Å². The first-order valence-corrected chi connectivity index (χ1v) is 7.40. The molecule has 3 rings (SSSR count). The first kappa shape index (κ1) is 15.4. The summed E-state index contributed by atoms with van der Waals surface area (Å²) in [6, 6.07) is 6.57. The zero-order valence-corrected chi connectivity index (χ0v) is 12.5. The topological polar surface area (TPSA) is 93.6 Å². The van der Waals surface area contributed by atoms with Crippen molar-refractivity contribution in [3.63, 3.8) is 0 Å². The van der Waals surface area contributed by atoms with Crippen LogP contribution < -0.4 is 11.1 Å². The minimum atomic E-state index is -0.451. The third kappa shape index (κ3) is 3.49. The normalized spacial score (nSPS) is 15.7. The Morgan fingerprint density at radius 1 is 1.17 bits per heavy atom. The van der Waals surface area contributed by atoms with Gasteiger partial charge in [-0.1, -0.05) is 12.1 Å². The van der Waals surface area contributed by atoms with E-state index in [1.165, 1.54) is 5.06 Å². The maximum atomic E-state index is 12.3. The largest absolute Gasteiger partial charge is 0.379 e. The van der Waals surface area contributed by atoms with Crippen molar-refractivity contribution in [1.29, 1.82) is 0 Å². The molecule has 1 aliphatic heterocycles. The van der Waals surface area contributed by atoms with Gasteiger partial charge in [-0.3, -0.25) is 19.5 Å². The fraction of sp³-hybridized carbons (Fsp3) is 0.400. The van der Waals surface area contributed by atoms with Crippen molar-refractivity contribution >= 4 is 16.7 Å². The molecule has 0 radical (unpaired) electrons. The van der Waals surface area contributed by atoms with Crippen molar-refractivity contribution in [3.8, 4) is 0 Å². The number of aromatic amines is 1. The fourth-order valence-corrected chi connectivity index (χ4v) is 2.43. The second kappa shape index (κ2) is 6.76. The second-order valence-corrected chi connectivity index (χ2v) is 5.20. The van der Waals surface area contributed by atoms with E-state index in [1.807, 2.05) is 0 Å². The number of ether oxygens (including phenoxy) is 1. The number of nitrogens with zero attached hydrogens (tertiary/aromatic N) is 2. The monoisotopic (exact) mass is 319 g/mol. The molecule has 2 aromatic rings. The number of morpholine rings is 1. The molecule has 1 N–H and O–H groups in total. The van der Waals surface area contributed by atoms with Crippen LogP contribution in [0.5, 0.6) is 0 Å². The molecule has 0 spiro atoms. The van der Waals surface area contributed by atoms with Crippen LogP contribution >= 0.6 is 0 Å². The summed E-state index contributed by atoms with van der Waals surface area (Å²) >= 11 is 0. The van der Waals surface area contributed by atoms with Gasteiger partial charge >= 0.3 is 5.97 Å². The lowest BCUT2D eigenvalue weighted by atomic mass is 10.2. The van der Waals surface area contributed by atoms with E-state index in [2.05, 4.69) is 5.10 Å². The number of aryl methyl sites for hydroxylation is 1. The number of carbonyl (C=O) groups is 1. The van der Waals surface area contributed by atoms with Gasteiger partial charge in [0.05, 0.1) is 50.0 Å². The Kier molecular flexibility index (Phi) is 4.54. The van der Waals surface area contributed by atoms with Crippen molar-refractivity contribution in [2.24, 2.45) is 0 Å². The van der Waals surface area contributed by atoms with Gasteiger partial charge in [-0.25, -0.2) is 4.68 Å². The van der Waals surface area contributed by atoms with E-state index in [9.17, 15) is 14.4 Å². The number of hydrogen-bond donors (Lipinski definition) is 1. The molecule has 1 aromatic heterocycles. The summed E-state index contributed by atoms with van der Waals surface area (Å²) in [5, 5.41) is 4.69. The van der Waals surface area contributed by atoms with Crippen LogP contribution in [0.4, 0.5) is 0 Å². The molecule has 1 aliphatic rings. The molecule has 1 aromatic carbocycles. The predicted molar refractivity (Wildman–Crippen MR) is 81.9 cm³/mol. The number of aromatic nitrogens is 2. The Morgan fingerprint density at radius 2 is 1.87 bits per heavy atom. The van der Waals surface area contributed by atoms with Crippen LogP contribution in [0.1, 0.15) is 6.42 Å². The summed E-state index contributed by atoms with van der Waals surface area (Å²) < 4.78 is 6.31. The van der Waals surface area contributed by atoms with E-state index in [0.717, 1.165) is 4.68 Å². The molecular weight excluding hydrogens is 302 g/mol. The van der Waals surface area contributed by atoms with Crippen molar-refractivity contribution in [3.05, 3.63) is 45.0 Å². The summed E-state index contributed by atoms with van der Waals surface area (Å²) in [7, 11) is 0. The minimum absolute atomic E-state index is 0.00839. The molecule has 1 fully saturated rings. The molecule has 0 saturated carbocycles. The number of fused-ring (bicyclic) bond motifs is 1. The Bertz CT molecular complexity index is 820. The molecule has 1 saturated heterocycles. The van der Waals surface area contributed by atoms with Crippen LogP contribution in [-0.2, 0) is 20.9 Å². The number of hydroxylamine groups is 2. The van der Waals surface area contributed by atoms with Crippen LogP contribution in [0.25, 0.3) is 10.8 Å². The van der Waals surface area contributed by atoms with E-state index in [0.29, 0.717) is 37.1 Å². The van der Waals surface area contributed by atoms with Gasteiger partial charge in [-0.15, -0.1) is 5.06 Å². The highest BCUT2D eigenvalue weighted by Gasteiger charge is 2.16. The number of carbonyl (C=O) groups excluding carboxylic acids is 1. The first-order chi connectivity index (χ1) is 11.1. The summed E-state index contributed by atoms with van der Waals surface area (Å²) in [5.41, 5.74) is -0.693. The van der Waals surface area contributed by atoms with Crippen molar-refractivity contribution in [2.45, 2.75) is 13.0 Å². The third-order valence-corrected chi connectivity index (χ3v) is 3.62. The van der Waals surface area contributed by atoms with Gasteiger partial charge in [0.15, 0.2) is 0 Å². The van der Waals surface area contributed by atoms with E-state index >= 15 is 0 Å². The van der Waals surface area contributed by atoms with Crippen LogP contribution in [0.2, 0.25) is 0 Å². The number of H-pyrrole nitrogens is 1. The quantitative estimate of drug-likeness (QED) is 0.844. The van der Waals surface area contributed by atoms with Crippen molar-refractivity contribution in [1.82, 2.24) is 14.8 Å². The number of benzene rings is 1. The Morgan fingerprint density at radius 3 is 2.61 bits per heavy atom. The predicted octanol–water partition coefficient (Wildman–Crippen LogP) is -0.130. The smallest absolute Gasteiger partial charge is 0.326 e. The maximum Gasteiger partial charge on any atom is 0.326 e. The maximum absolute atomic E-state index is 12.3. The highest BCUT2D eigenvalue weighted by atomic mass is 16.7. The zero-order valence-electron chi connectivity index (χ0n) is 12.5. The number of rotatable bonds is 4. The fourth-order valence-electron chi connectivity index (χ4n) is 2.43. The van der Waals surface area contributed by atoms with Crippen LogP contribution in [0.3, 0.4) is 0 Å². The molecule has 0 unspecified atom stereocenters. The third-order valence-electron chi connectivity index (χ3n) is 3.62. The summed E-state index contributed by atoms with van der Waals surface area (Å²) in [4.78, 5) is 41.3. The second-order valence-electron chi connectivity index (χ2n) is 5.20. The zero-order chi connectivity index (χ0) is 16.2. The highest BCUT2D eigenvalue weighted by molar-refractivity contribution is 5.80. The molecule has 0 atom stereocenters. The average molecular weight is 319 g/mol. The van der Waals surface area contributed by atoms with E-state index in [4.69, 9.17) is 9.57 Å². The van der Waals surface area contributed by atoms with E-state index < -0.39 is 5.97 Å². The summed E-state index contributed by atoms with van der Waals surface area (Å²) in [6.45, 7) is 2.15. The highest BCUT2D eigenvalue weighted by Crippen LogP contribution is 2.03. The van der Waals surface area contributed by atoms with Gasteiger partial charge in [-0.05, 0) is 12.1 Å². The van der Waals surface area contributed by atoms with Gasteiger partial charge in [-0.2, -0.15) is 0 Å². The van der Waals surface area contributed by atoms with E-state index in [1.54, 1.807) is 24.3 Å². The summed E-state index contributed by atoms with van der Waals surface area (Å²) in [5.74, 6) is -0.451. The Hall–Kier alpha value is -2.45. The van der Waals surface area contributed by atoms with Crippen molar-refractivity contribution in [2.75, 3.05) is 26.3 Å². The molecule has 23 heavy (non-hydrogen) atoms. The molecule has 8 nitrogen and oxygen atoms in total. The minimum Gasteiger partial charge on any atom is -0.379 e. The molecule has 0 aliphatic carbocycles. The average Bonchev–Trinajstić information content (AvgIpc) is 2.58. The molecule has 8 heteroatoms. The first-order valence-electron chi connectivity index (χ1n) is 7.40. The Balaban J connectivity index is 1.69. The molecule has 0 amide bonds. The van der Waals surface area contributed by atoms with Crippen LogP contribution in [-0.4, -0.2) is 47.1 Å². The number of nitrogens with one attached hydrogen (secondary N) is 1. The lowest BCUT2D eigenvalue weighted by Gasteiger charge is -2.24. The van der Waals surface area contributed by atoms with Crippen molar-refractivity contribution < 1.29 is 14.4 Å². The van der Waals surface area contributed by atoms with Gasteiger partial charge in [0.2, 0.25) is 0 Å².